The Morgan fingerprint density at radius 2 is 2.00 bits per heavy atom. The van der Waals surface area contributed by atoms with Crippen LogP contribution in [0.15, 0.2) is 48.7 Å². The van der Waals surface area contributed by atoms with Gasteiger partial charge in [0.15, 0.2) is 0 Å². The molecule has 0 saturated heterocycles. The lowest BCUT2D eigenvalue weighted by Crippen LogP contribution is -2.33. The van der Waals surface area contributed by atoms with Gasteiger partial charge in [-0.2, -0.15) is 0 Å². The third-order valence-electron chi connectivity index (χ3n) is 4.74. The Hall–Kier alpha value is -3.15. The van der Waals surface area contributed by atoms with Crippen LogP contribution in [0.2, 0.25) is 0 Å². The van der Waals surface area contributed by atoms with Crippen molar-refractivity contribution in [3.05, 3.63) is 77.0 Å². The molecule has 2 aromatic carbocycles. The van der Waals surface area contributed by atoms with Gasteiger partial charge in [-0.1, -0.05) is 12.1 Å². The van der Waals surface area contributed by atoms with Crippen molar-refractivity contribution in [2.75, 3.05) is 18.5 Å². The number of amides is 2. The Balaban J connectivity index is 1.54. The number of fused-ring (bicyclic) bond motifs is 1. The van der Waals surface area contributed by atoms with E-state index in [1.807, 2.05) is 19.1 Å². The summed E-state index contributed by atoms with van der Waals surface area (Å²) in [4.78, 5) is 13.9. The zero-order valence-electron chi connectivity index (χ0n) is 14.8. The van der Waals surface area contributed by atoms with E-state index in [0.717, 1.165) is 46.6 Å². The van der Waals surface area contributed by atoms with Gasteiger partial charge in [0, 0.05) is 12.6 Å². The minimum absolute atomic E-state index is 0.304. The Morgan fingerprint density at radius 1 is 1.22 bits per heavy atom. The molecule has 2 amide bonds. The van der Waals surface area contributed by atoms with E-state index < -0.39 is 23.4 Å². The summed E-state index contributed by atoms with van der Waals surface area (Å²) in [6.07, 6.45) is 6.14. The van der Waals surface area contributed by atoms with Crippen LogP contribution in [0.4, 0.5) is 19.3 Å². The average Bonchev–Trinajstić information content (AvgIpc) is 3.11. The van der Waals surface area contributed by atoms with Crippen molar-refractivity contribution in [2.24, 2.45) is 0 Å². The first kappa shape index (κ1) is 17.3. The summed E-state index contributed by atoms with van der Waals surface area (Å²) in [6.45, 7) is 2.98. The van der Waals surface area contributed by atoms with E-state index >= 15 is 0 Å². The monoisotopic (exact) mass is 368 g/mol. The number of para-hydroxylation sites is 1. The van der Waals surface area contributed by atoms with Gasteiger partial charge in [-0.15, -0.1) is 0 Å². The summed E-state index contributed by atoms with van der Waals surface area (Å²) < 4.78 is 33.2. The molecule has 2 aromatic rings. The van der Waals surface area contributed by atoms with Crippen molar-refractivity contribution in [1.29, 1.82) is 0 Å². The van der Waals surface area contributed by atoms with Crippen molar-refractivity contribution < 1.29 is 18.3 Å². The maximum absolute atomic E-state index is 13.8. The van der Waals surface area contributed by atoms with Crippen molar-refractivity contribution in [1.82, 2.24) is 4.90 Å². The first-order valence-corrected chi connectivity index (χ1v) is 8.68. The van der Waals surface area contributed by atoms with Gasteiger partial charge in [-0.05, 0) is 59.5 Å². The standard InChI is InChI=1S/C21H18F2N2O2/c1-13-10-19-14(7-9-27-19)11-16(13)15-4-3-8-25(12-15)21(26)24-20-17(22)5-2-6-18(20)23/h2-6,8,10-11H,7,9,12H2,1H3,(H,24,26). The van der Waals surface area contributed by atoms with Gasteiger partial charge >= 0.3 is 6.03 Å². The number of hydrogen-bond donors (Lipinski definition) is 1. The van der Waals surface area contributed by atoms with E-state index in [2.05, 4.69) is 11.4 Å². The van der Waals surface area contributed by atoms with Crippen molar-refractivity contribution in [2.45, 2.75) is 13.3 Å². The number of ether oxygens (including phenoxy) is 1. The van der Waals surface area contributed by atoms with E-state index in [1.54, 1.807) is 12.3 Å². The number of hydrogen-bond acceptors (Lipinski definition) is 2. The maximum atomic E-state index is 13.8. The molecule has 0 aliphatic carbocycles. The molecule has 0 atom stereocenters. The highest BCUT2D eigenvalue weighted by Gasteiger charge is 2.22. The Morgan fingerprint density at radius 3 is 2.78 bits per heavy atom. The number of rotatable bonds is 2. The van der Waals surface area contributed by atoms with Crippen LogP contribution in [0, 0.1) is 18.6 Å². The lowest BCUT2D eigenvalue weighted by Gasteiger charge is -2.24. The Kier molecular flexibility index (Phi) is 4.39. The summed E-state index contributed by atoms with van der Waals surface area (Å²) in [5.41, 5.74) is 3.75. The molecule has 4 nitrogen and oxygen atoms in total. The molecule has 0 unspecified atom stereocenters. The zero-order valence-corrected chi connectivity index (χ0v) is 14.8. The van der Waals surface area contributed by atoms with Crippen LogP contribution < -0.4 is 10.1 Å². The fourth-order valence-electron chi connectivity index (χ4n) is 3.34. The molecule has 0 aromatic heterocycles. The van der Waals surface area contributed by atoms with Crippen LogP contribution in [-0.4, -0.2) is 24.1 Å². The predicted octanol–water partition coefficient (Wildman–Crippen LogP) is 4.65. The molecular formula is C21H18F2N2O2. The number of anilines is 1. The molecule has 0 spiro atoms. The highest BCUT2D eigenvalue weighted by molar-refractivity contribution is 5.92. The minimum Gasteiger partial charge on any atom is -0.493 e. The number of carbonyl (C=O) groups is 1. The molecule has 0 saturated carbocycles. The van der Waals surface area contributed by atoms with E-state index in [0.29, 0.717) is 13.2 Å². The zero-order chi connectivity index (χ0) is 19.0. The highest BCUT2D eigenvalue weighted by Crippen LogP contribution is 2.33. The molecule has 2 aliphatic heterocycles. The fourth-order valence-corrected chi connectivity index (χ4v) is 3.34. The summed E-state index contributed by atoms with van der Waals surface area (Å²) in [5, 5.41) is 2.32. The molecule has 0 fully saturated rings. The maximum Gasteiger partial charge on any atom is 0.326 e. The minimum atomic E-state index is -0.811. The van der Waals surface area contributed by atoms with Crippen LogP contribution in [-0.2, 0) is 6.42 Å². The van der Waals surface area contributed by atoms with Gasteiger partial charge < -0.3 is 10.1 Å². The summed E-state index contributed by atoms with van der Waals surface area (Å²) in [5.74, 6) is -0.711. The molecule has 2 aliphatic rings. The van der Waals surface area contributed by atoms with Gasteiger partial charge in [-0.3, -0.25) is 4.90 Å². The average molecular weight is 368 g/mol. The van der Waals surface area contributed by atoms with Gasteiger partial charge in [0.05, 0.1) is 13.2 Å². The molecule has 4 rings (SSSR count). The molecule has 0 radical (unpaired) electrons. The third kappa shape index (κ3) is 3.30. The lowest BCUT2D eigenvalue weighted by molar-refractivity contribution is 0.232. The summed E-state index contributed by atoms with van der Waals surface area (Å²) >= 11 is 0. The molecule has 6 heteroatoms. The van der Waals surface area contributed by atoms with Crippen LogP contribution in [0.25, 0.3) is 5.57 Å². The number of carbonyl (C=O) groups excluding carboxylic acids is 1. The molecule has 27 heavy (non-hydrogen) atoms. The summed E-state index contributed by atoms with van der Waals surface area (Å²) in [7, 11) is 0. The first-order valence-electron chi connectivity index (χ1n) is 8.68. The van der Waals surface area contributed by atoms with Gasteiger partial charge in [-0.25, -0.2) is 13.6 Å². The van der Waals surface area contributed by atoms with E-state index in [9.17, 15) is 13.6 Å². The fraction of sp³-hybridized carbons (Fsp3) is 0.190. The van der Waals surface area contributed by atoms with Crippen LogP contribution in [0.5, 0.6) is 5.75 Å². The smallest absolute Gasteiger partial charge is 0.326 e. The Bertz CT molecular complexity index is 962. The number of nitrogens with zero attached hydrogens (tertiary/aromatic N) is 1. The molecule has 1 N–H and O–H groups in total. The van der Waals surface area contributed by atoms with Gasteiger partial charge in [0.25, 0.3) is 0 Å². The van der Waals surface area contributed by atoms with Gasteiger partial charge in [0.1, 0.15) is 23.1 Å². The number of nitrogens with one attached hydrogen (secondary N) is 1. The Labute approximate surface area is 155 Å². The van der Waals surface area contributed by atoms with E-state index in [1.165, 1.54) is 11.0 Å². The topological polar surface area (TPSA) is 41.6 Å². The van der Waals surface area contributed by atoms with E-state index in [4.69, 9.17) is 4.74 Å². The number of allylic oxidation sites excluding steroid dienone is 2. The second-order valence-electron chi connectivity index (χ2n) is 6.56. The predicted molar refractivity (Wildman–Crippen MR) is 99.6 cm³/mol. The molecule has 0 bridgehead atoms. The number of benzene rings is 2. The van der Waals surface area contributed by atoms with Crippen molar-refractivity contribution >= 4 is 17.3 Å². The number of urea groups is 1. The second-order valence-corrected chi connectivity index (χ2v) is 6.56. The van der Waals surface area contributed by atoms with Crippen molar-refractivity contribution in [3.8, 4) is 5.75 Å². The third-order valence-corrected chi connectivity index (χ3v) is 4.74. The molecular weight excluding hydrogens is 350 g/mol. The van der Waals surface area contributed by atoms with Crippen LogP contribution >= 0.6 is 0 Å². The molecule has 138 valence electrons. The van der Waals surface area contributed by atoms with Crippen LogP contribution in [0.3, 0.4) is 0 Å². The number of aryl methyl sites for hydroxylation is 1. The summed E-state index contributed by atoms with van der Waals surface area (Å²) in [6, 6.07) is 6.97. The van der Waals surface area contributed by atoms with Crippen molar-refractivity contribution in [3.63, 3.8) is 0 Å². The number of halogens is 2. The lowest BCUT2D eigenvalue weighted by atomic mass is 9.95. The molecule has 2 heterocycles. The highest BCUT2D eigenvalue weighted by atomic mass is 19.1. The van der Waals surface area contributed by atoms with Crippen LogP contribution in [0.1, 0.15) is 16.7 Å². The SMILES string of the molecule is Cc1cc2c(cc1C1=CC=CN(C(=O)Nc3c(F)cccc3F)C1)CCO2. The quantitative estimate of drug-likeness (QED) is 0.838. The van der Waals surface area contributed by atoms with Gasteiger partial charge in [0.2, 0.25) is 0 Å². The first-order chi connectivity index (χ1) is 13.0. The van der Waals surface area contributed by atoms with E-state index in [-0.39, 0.29) is 0 Å². The second kappa shape index (κ2) is 6.87. The largest absolute Gasteiger partial charge is 0.493 e. The normalized spacial score (nSPS) is 15.2.